The summed E-state index contributed by atoms with van der Waals surface area (Å²) in [6, 6.07) is 3.13. The van der Waals surface area contributed by atoms with Gasteiger partial charge >= 0.3 is 0 Å². The number of nitrogens with one attached hydrogen (secondary N) is 1. The van der Waals surface area contributed by atoms with Crippen LogP contribution in [0, 0.1) is 17.7 Å². The monoisotopic (exact) mass is 292 g/mol. The van der Waals surface area contributed by atoms with Gasteiger partial charge in [0.15, 0.2) is 0 Å². The van der Waals surface area contributed by atoms with Crippen molar-refractivity contribution in [1.82, 2.24) is 4.72 Å². The van der Waals surface area contributed by atoms with Crippen LogP contribution < -0.4 is 10.5 Å². The highest BCUT2D eigenvalue weighted by Gasteiger charge is 2.20. The van der Waals surface area contributed by atoms with E-state index in [2.05, 4.69) is 11.8 Å². The van der Waals surface area contributed by atoms with Gasteiger partial charge in [-0.25, -0.2) is 26.3 Å². The molecule has 1 aromatic carbocycles. The maximum atomic E-state index is 13.6. The zero-order valence-electron chi connectivity index (χ0n) is 9.66. The Bertz CT molecular complexity index is 606. The summed E-state index contributed by atoms with van der Waals surface area (Å²) in [6.07, 6.45) is -2.85. The minimum absolute atomic E-state index is 0.0810. The molecule has 19 heavy (non-hydrogen) atoms. The van der Waals surface area contributed by atoms with E-state index >= 15 is 0 Å². The molecule has 0 radical (unpaired) electrons. The van der Waals surface area contributed by atoms with Gasteiger partial charge in [-0.1, -0.05) is 11.8 Å². The van der Waals surface area contributed by atoms with Crippen LogP contribution >= 0.6 is 0 Å². The molecule has 1 rings (SSSR count). The summed E-state index contributed by atoms with van der Waals surface area (Å²) in [7, 11) is -4.30. The van der Waals surface area contributed by atoms with Crippen LogP contribution in [0.25, 0.3) is 0 Å². The smallest absolute Gasteiger partial charge is 0.251 e. The summed E-state index contributed by atoms with van der Waals surface area (Å²) >= 11 is 0. The van der Waals surface area contributed by atoms with Gasteiger partial charge in [-0.2, -0.15) is 0 Å². The number of nitrogens with two attached hydrogens (primary N) is 1. The van der Waals surface area contributed by atoms with Crippen molar-refractivity contribution in [3.63, 3.8) is 0 Å². The van der Waals surface area contributed by atoms with Crippen LogP contribution in [0.1, 0.15) is 5.56 Å². The lowest BCUT2D eigenvalue weighted by Crippen LogP contribution is -2.29. The maximum absolute atomic E-state index is 13.6. The molecular formula is C11H11F3N2O2S. The van der Waals surface area contributed by atoms with Crippen molar-refractivity contribution >= 4 is 10.0 Å². The quantitative estimate of drug-likeness (QED) is 0.802. The number of benzene rings is 1. The summed E-state index contributed by atoms with van der Waals surface area (Å²) in [4.78, 5) is -0.702. The first-order chi connectivity index (χ1) is 8.86. The molecule has 0 bridgehead atoms. The highest BCUT2D eigenvalue weighted by atomic mass is 32.2. The molecule has 3 N–H and O–H groups in total. The fourth-order valence-electron chi connectivity index (χ4n) is 1.20. The van der Waals surface area contributed by atoms with Crippen molar-refractivity contribution in [3.05, 3.63) is 29.6 Å². The summed E-state index contributed by atoms with van der Waals surface area (Å²) < 4.78 is 62.1. The standard InChI is InChI=1S/C11H11F3N2O2S/c12-9-6-8(2-1-5-15)3-4-10(9)19(17,18)16-7-11(13)14/h3-4,6,11,16H,5,7,15H2. The van der Waals surface area contributed by atoms with Gasteiger partial charge in [-0.05, 0) is 18.2 Å². The van der Waals surface area contributed by atoms with Crippen molar-refractivity contribution < 1.29 is 21.6 Å². The first kappa shape index (κ1) is 15.5. The molecule has 104 valence electrons. The predicted molar refractivity (Wildman–Crippen MR) is 63.5 cm³/mol. The summed E-state index contributed by atoms with van der Waals surface area (Å²) in [5.74, 6) is 3.94. The summed E-state index contributed by atoms with van der Waals surface area (Å²) in [5, 5.41) is 0. The third-order valence-electron chi connectivity index (χ3n) is 1.98. The molecule has 8 heteroatoms. The first-order valence-corrected chi connectivity index (χ1v) is 6.61. The predicted octanol–water partition coefficient (Wildman–Crippen LogP) is 0.679. The number of rotatable bonds is 4. The van der Waals surface area contributed by atoms with Gasteiger partial charge in [0.05, 0.1) is 13.1 Å². The van der Waals surface area contributed by atoms with Crippen molar-refractivity contribution in [3.8, 4) is 11.8 Å². The minimum Gasteiger partial charge on any atom is -0.320 e. The van der Waals surface area contributed by atoms with Crippen LogP contribution in [0.3, 0.4) is 0 Å². The molecule has 0 aliphatic rings. The average Bonchev–Trinajstić information content (AvgIpc) is 2.34. The fourth-order valence-corrected chi connectivity index (χ4v) is 2.26. The second-order valence-corrected chi connectivity index (χ2v) is 5.13. The lowest BCUT2D eigenvalue weighted by atomic mass is 10.2. The highest BCUT2D eigenvalue weighted by Crippen LogP contribution is 2.15. The molecule has 0 aliphatic heterocycles. The largest absolute Gasteiger partial charge is 0.320 e. The van der Waals surface area contributed by atoms with E-state index in [1.165, 1.54) is 6.07 Å². The van der Waals surface area contributed by atoms with Gasteiger partial charge in [0.1, 0.15) is 10.7 Å². The van der Waals surface area contributed by atoms with Crippen LogP contribution in [-0.4, -0.2) is 27.9 Å². The van der Waals surface area contributed by atoms with Crippen molar-refractivity contribution in [2.24, 2.45) is 5.73 Å². The van der Waals surface area contributed by atoms with E-state index in [9.17, 15) is 21.6 Å². The molecule has 0 aliphatic carbocycles. The van der Waals surface area contributed by atoms with Crippen LogP contribution in [0.15, 0.2) is 23.1 Å². The number of alkyl halides is 2. The first-order valence-electron chi connectivity index (χ1n) is 5.13. The zero-order valence-corrected chi connectivity index (χ0v) is 10.5. The molecule has 0 atom stereocenters. The van der Waals surface area contributed by atoms with Gasteiger partial charge < -0.3 is 5.73 Å². The Labute approximate surface area is 108 Å². The Kier molecular flexibility index (Phi) is 5.35. The molecule has 1 aromatic rings. The van der Waals surface area contributed by atoms with E-state index in [1.54, 1.807) is 4.72 Å². The molecule has 0 saturated heterocycles. The number of hydrogen-bond donors (Lipinski definition) is 2. The zero-order chi connectivity index (χ0) is 14.5. The molecule has 0 saturated carbocycles. The minimum atomic E-state index is -4.30. The summed E-state index contributed by atoms with van der Waals surface area (Å²) in [5.41, 5.74) is 5.38. The Balaban J connectivity index is 3.02. The number of hydrogen-bond acceptors (Lipinski definition) is 3. The van der Waals surface area contributed by atoms with E-state index in [-0.39, 0.29) is 12.1 Å². The highest BCUT2D eigenvalue weighted by molar-refractivity contribution is 7.89. The van der Waals surface area contributed by atoms with Crippen LogP contribution in [0.5, 0.6) is 0 Å². The van der Waals surface area contributed by atoms with Crippen molar-refractivity contribution in [1.29, 1.82) is 0 Å². The molecule has 0 unspecified atom stereocenters. The Hall–Kier alpha value is -1.56. The Morgan fingerprint density at radius 3 is 2.58 bits per heavy atom. The second kappa shape index (κ2) is 6.56. The lowest BCUT2D eigenvalue weighted by molar-refractivity contribution is 0.153. The average molecular weight is 292 g/mol. The fraction of sp³-hybridized carbons (Fsp3) is 0.273. The van der Waals surface area contributed by atoms with Gasteiger partial charge in [0.2, 0.25) is 10.0 Å². The van der Waals surface area contributed by atoms with E-state index < -0.39 is 33.7 Å². The third kappa shape index (κ3) is 4.55. The van der Waals surface area contributed by atoms with Crippen molar-refractivity contribution in [2.45, 2.75) is 11.3 Å². The van der Waals surface area contributed by atoms with Crippen LogP contribution in [-0.2, 0) is 10.0 Å². The van der Waals surface area contributed by atoms with E-state index in [4.69, 9.17) is 5.73 Å². The van der Waals surface area contributed by atoms with Crippen LogP contribution in [0.4, 0.5) is 13.2 Å². The molecule has 0 aromatic heterocycles. The van der Waals surface area contributed by atoms with Gasteiger partial charge in [0, 0.05) is 5.56 Å². The SMILES string of the molecule is NCC#Cc1ccc(S(=O)(=O)NCC(F)F)c(F)c1. The second-order valence-electron chi connectivity index (χ2n) is 3.39. The summed E-state index contributed by atoms with van der Waals surface area (Å²) in [6.45, 7) is -0.992. The van der Waals surface area contributed by atoms with E-state index in [1.807, 2.05) is 0 Å². The molecule has 4 nitrogen and oxygen atoms in total. The van der Waals surface area contributed by atoms with Gasteiger partial charge in [-0.3, -0.25) is 0 Å². The van der Waals surface area contributed by atoms with Crippen molar-refractivity contribution in [2.75, 3.05) is 13.1 Å². The normalized spacial score (nSPS) is 11.2. The van der Waals surface area contributed by atoms with E-state index in [0.717, 1.165) is 12.1 Å². The molecule has 0 fully saturated rings. The number of halogens is 3. The molecular weight excluding hydrogens is 281 g/mol. The Morgan fingerprint density at radius 1 is 1.37 bits per heavy atom. The maximum Gasteiger partial charge on any atom is 0.251 e. The third-order valence-corrected chi connectivity index (χ3v) is 3.44. The number of sulfonamides is 1. The lowest BCUT2D eigenvalue weighted by Gasteiger charge is -2.07. The molecule has 0 amide bonds. The van der Waals surface area contributed by atoms with E-state index in [0.29, 0.717) is 0 Å². The van der Waals surface area contributed by atoms with Gasteiger partial charge in [-0.15, -0.1) is 0 Å². The topological polar surface area (TPSA) is 72.2 Å². The molecule has 0 spiro atoms. The Morgan fingerprint density at radius 2 is 2.05 bits per heavy atom. The molecule has 0 heterocycles. The van der Waals surface area contributed by atoms with Crippen LogP contribution in [0.2, 0.25) is 0 Å². The van der Waals surface area contributed by atoms with Gasteiger partial charge in [0.25, 0.3) is 6.43 Å².